The van der Waals surface area contributed by atoms with Gasteiger partial charge in [-0.25, -0.2) is 0 Å². The molecule has 0 bridgehead atoms. The van der Waals surface area contributed by atoms with Crippen molar-refractivity contribution in [2.24, 2.45) is 17.8 Å². The Morgan fingerprint density at radius 3 is 2.62 bits per heavy atom. The number of nitrogens with one attached hydrogen (secondary N) is 2. The van der Waals surface area contributed by atoms with Crippen LogP contribution in [0.3, 0.4) is 0 Å². The van der Waals surface area contributed by atoms with Crippen LogP contribution in [0.5, 0.6) is 0 Å². The summed E-state index contributed by atoms with van der Waals surface area (Å²) in [6.07, 6.45) is 3.59. The summed E-state index contributed by atoms with van der Waals surface area (Å²) in [6.45, 7) is 6.82. The maximum absolute atomic E-state index is 12.6. The van der Waals surface area contributed by atoms with Crippen LogP contribution in [0.2, 0.25) is 0 Å². The minimum absolute atomic E-state index is 0.0460. The molecule has 3 atom stereocenters. The molecule has 0 heterocycles. The Morgan fingerprint density at radius 2 is 1.95 bits per heavy atom. The highest BCUT2D eigenvalue weighted by Gasteiger charge is 2.32. The molecule has 1 saturated carbocycles. The van der Waals surface area contributed by atoms with Crippen LogP contribution in [0.1, 0.15) is 50.4 Å². The average molecular weight is 288 g/mol. The zero-order chi connectivity index (χ0) is 15.4. The molecule has 3 unspecified atom stereocenters. The Morgan fingerprint density at radius 1 is 1.24 bits per heavy atom. The Hall–Kier alpha value is -1.51. The van der Waals surface area contributed by atoms with E-state index in [9.17, 15) is 4.79 Å². The number of hydrogen-bond acceptors (Lipinski definition) is 2. The molecule has 116 valence electrons. The van der Waals surface area contributed by atoms with Crippen molar-refractivity contribution < 1.29 is 4.79 Å². The Balaban J connectivity index is 2.12. The van der Waals surface area contributed by atoms with E-state index in [1.54, 1.807) is 0 Å². The second-order valence-electron chi connectivity index (χ2n) is 6.70. The van der Waals surface area contributed by atoms with E-state index in [1.807, 2.05) is 31.3 Å². The Labute approximate surface area is 128 Å². The number of benzene rings is 1. The predicted octanol–water partition coefficient (Wildman–Crippen LogP) is 3.92. The fourth-order valence-electron chi connectivity index (χ4n) is 3.51. The molecule has 1 aromatic rings. The van der Waals surface area contributed by atoms with Gasteiger partial charge in [0.15, 0.2) is 0 Å². The van der Waals surface area contributed by atoms with Crippen molar-refractivity contribution in [3.05, 3.63) is 29.8 Å². The number of para-hydroxylation sites is 1. The van der Waals surface area contributed by atoms with E-state index < -0.39 is 0 Å². The maximum atomic E-state index is 12.6. The van der Waals surface area contributed by atoms with Gasteiger partial charge in [-0.3, -0.25) is 4.79 Å². The summed E-state index contributed by atoms with van der Waals surface area (Å²) in [6, 6.07) is 7.99. The van der Waals surface area contributed by atoms with Gasteiger partial charge in [0, 0.05) is 18.8 Å². The first kappa shape index (κ1) is 15.9. The fourth-order valence-corrected chi connectivity index (χ4v) is 3.51. The van der Waals surface area contributed by atoms with E-state index in [-0.39, 0.29) is 5.91 Å². The topological polar surface area (TPSA) is 41.1 Å². The second-order valence-corrected chi connectivity index (χ2v) is 6.70. The smallest absolute Gasteiger partial charge is 0.253 e. The third-order valence-electron chi connectivity index (χ3n) is 4.78. The molecule has 0 radical (unpaired) electrons. The summed E-state index contributed by atoms with van der Waals surface area (Å²) >= 11 is 0. The second kappa shape index (κ2) is 6.97. The van der Waals surface area contributed by atoms with Gasteiger partial charge in [0.25, 0.3) is 5.91 Å². The summed E-state index contributed by atoms with van der Waals surface area (Å²) in [5.41, 5.74) is 1.63. The molecule has 0 aromatic heterocycles. The van der Waals surface area contributed by atoms with Crippen LogP contribution in [0.4, 0.5) is 5.69 Å². The van der Waals surface area contributed by atoms with E-state index in [0.29, 0.717) is 23.8 Å². The van der Waals surface area contributed by atoms with Crippen molar-refractivity contribution in [2.45, 2.75) is 46.1 Å². The fraction of sp³-hybridized carbons (Fsp3) is 0.611. The first-order valence-electron chi connectivity index (χ1n) is 8.10. The quantitative estimate of drug-likeness (QED) is 0.881. The molecule has 1 aliphatic rings. The van der Waals surface area contributed by atoms with Gasteiger partial charge in [-0.15, -0.1) is 0 Å². The van der Waals surface area contributed by atoms with Gasteiger partial charge in [0.05, 0.1) is 5.56 Å². The standard InChI is InChI=1S/C18H28N2O/c1-12(2)14-10-9-13(3)11-17(14)20-18(21)15-7-5-6-8-16(15)19-4/h5-8,12-14,17,19H,9-11H2,1-4H3,(H,20,21). The van der Waals surface area contributed by atoms with Crippen molar-refractivity contribution in [2.75, 3.05) is 12.4 Å². The summed E-state index contributed by atoms with van der Waals surface area (Å²) in [7, 11) is 1.85. The molecule has 21 heavy (non-hydrogen) atoms. The number of rotatable bonds is 4. The molecule has 0 spiro atoms. The van der Waals surface area contributed by atoms with Crippen molar-refractivity contribution in [1.29, 1.82) is 0 Å². The molecule has 1 aliphatic carbocycles. The van der Waals surface area contributed by atoms with Gasteiger partial charge in [-0.2, -0.15) is 0 Å². The average Bonchev–Trinajstić information content (AvgIpc) is 2.46. The van der Waals surface area contributed by atoms with Crippen LogP contribution in [-0.4, -0.2) is 19.0 Å². The minimum atomic E-state index is 0.0460. The van der Waals surface area contributed by atoms with Crippen molar-refractivity contribution >= 4 is 11.6 Å². The molecule has 1 aromatic carbocycles. The highest BCUT2D eigenvalue weighted by Crippen LogP contribution is 2.33. The van der Waals surface area contributed by atoms with E-state index in [0.717, 1.165) is 17.7 Å². The monoisotopic (exact) mass is 288 g/mol. The number of carbonyl (C=O) groups is 1. The lowest BCUT2D eigenvalue weighted by molar-refractivity contribution is 0.0868. The van der Waals surface area contributed by atoms with E-state index >= 15 is 0 Å². The lowest BCUT2D eigenvalue weighted by atomic mass is 9.74. The molecule has 2 N–H and O–H groups in total. The molecule has 3 nitrogen and oxygen atoms in total. The summed E-state index contributed by atoms with van der Waals surface area (Å²) in [4.78, 5) is 12.6. The van der Waals surface area contributed by atoms with Crippen LogP contribution in [0, 0.1) is 17.8 Å². The lowest BCUT2D eigenvalue weighted by Crippen LogP contribution is -2.45. The van der Waals surface area contributed by atoms with Gasteiger partial charge >= 0.3 is 0 Å². The summed E-state index contributed by atoms with van der Waals surface area (Å²) in [5.74, 6) is 1.95. The largest absolute Gasteiger partial charge is 0.387 e. The van der Waals surface area contributed by atoms with Crippen molar-refractivity contribution in [1.82, 2.24) is 5.32 Å². The summed E-state index contributed by atoms with van der Waals surface area (Å²) < 4.78 is 0. The van der Waals surface area contributed by atoms with Gasteiger partial charge < -0.3 is 10.6 Å². The Kier molecular flexibility index (Phi) is 5.27. The number of amides is 1. The molecule has 1 amide bonds. The molecule has 1 fully saturated rings. The number of carbonyl (C=O) groups excluding carboxylic acids is 1. The van der Waals surface area contributed by atoms with Gasteiger partial charge in [-0.1, -0.05) is 39.3 Å². The highest BCUT2D eigenvalue weighted by molar-refractivity contribution is 5.99. The zero-order valence-corrected chi connectivity index (χ0v) is 13.6. The normalized spacial score (nSPS) is 25.7. The van der Waals surface area contributed by atoms with Crippen LogP contribution in [-0.2, 0) is 0 Å². The number of anilines is 1. The third-order valence-corrected chi connectivity index (χ3v) is 4.78. The van der Waals surface area contributed by atoms with Crippen LogP contribution in [0.15, 0.2) is 24.3 Å². The van der Waals surface area contributed by atoms with Crippen LogP contribution >= 0.6 is 0 Å². The third kappa shape index (κ3) is 3.78. The van der Waals surface area contributed by atoms with Gasteiger partial charge in [-0.05, 0) is 42.7 Å². The van der Waals surface area contributed by atoms with Crippen LogP contribution in [0.25, 0.3) is 0 Å². The van der Waals surface area contributed by atoms with E-state index in [2.05, 4.69) is 31.4 Å². The van der Waals surface area contributed by atoms with Crippen molar-refractivity contribution in [3.63, 3.8) is 0 Å². The molecule has 0 aliphatic heterocycles. The molecule has 0 saturated heterocycles. The van der Waals surface area contributed by atoms with Gasteiger partial charge in [0.2, 0.25) is 0 Å². The molecular formula is C18H28N2O. The van der Waals surface area contributed by atoms with Gasteiger partial charge in [0.1, 0.15) is 0 Å². The predicted molar refractivity (Wildman–Crippen MR) is 88.6 cm³/mol. The minimum Gasteiger partial charge on any atom is -0.387 e. The van der Waals surface area contributed by atoms with E-state index in [1.165, 1.54) is 12.8 Å². The first-order chi connectivity index (χ1) is 10.0. The maximum Gasteiger partial charge on any atom is 0.253 e. The van der Waals surface area contributed by atoms with Crippen molar-refractivity contribution in [3.8, 4) is 0 Å². The zero-order valence-electron chi connectivity index (χ0n) is 13.6. The van der Waals surface area contributed by atoms with Crippen LogP contribution < -0.4 is 10.6 Å². The number of hydrogen-bond donors (Lipinski definition) is 2. The Bertz CT molecular complexity index is 484. The highest BCUT2D eigenvalue weighted by atomic mass is 16.1. The molecule has 2 rings (SSSR count). The first-order valence-corrected chi connectivity index (χ1v) is 8.10. The van der Waals surface area contributed by atoms with E-state index in [4.69, 9.17) is 0 Å². The molecular weight excluding hydrogens is 260 g/mol. The molecule has 3 heteroatoms. The lowest BCUT2D eigenvalue weighted by Gasteiger charge is -2.37. The summed E-state index contributed by atoms with van der Waals surface area (Å²) in [5, 5.41) is 6.39. The SMILES string of the molecule is CNc1ccccc1C(=O)NC1CC(C)CCC1C(C)C.